The number of benzene rings is 2. The maximum Gasteiger partial charge on any atom is 0.297 e. The van der Waals surface area contributed by atoms with E-state index in [9.17, 15) is 9.59 Å². The molecule has 1 aliphatic rings. The quantitative estimate of drug-likeness (QED) is 0.396. The molecule has 4 aromatic rings. The van der Waals surface area contributed by atoms with Gasteiger partial charge in [0, 0.05) is 6.07 Å². The van der Waals surface area contributed by atoms with E-state index in [1.54, 1.807) is 43.3 Å². The van der Waals surface area contributed by atoms with Crippen LogP contribution in [0.2, 0.25) is 0 Å². The Morgan fingerprint density at radius 1 is 1.18 bits per heavy atom. The number of nitrogens with zero attached hydrogens (tertiary/aromatic N) is 3. The van der Waals surface area contributed by atoms with Crippen molar-refractivity contribution < 1.29 is 18.7 Å². The normalized spacial score (nSPS) is 15.0. The van der Waals surface area contributed by atoms with Crippen LogP contribution in [0.15, 0.2) is 64.3 Å². The van der Waals surface area contributed by atoms with E-state index in [1.807, 2.05) is 12.1 Å². The summed E-state index contributed by atoms with van der Waals surface area (Å²) in [5.41, 5.74) is 0.944. The maximum absolute atomic E-state index is 13.6. The minimum atomic E-state index is -0.741. The van der Waals surface area contributed by atoms with Crippen molar-refractivity contribution in [1.29, 1.82) is 0 Å². The number of carbonyl (C=O) groups is 1. The second-order valence-electron chi connectivity index (χ2n) is 7.39. The molecule has 2 aromatic carbocycles. The Bertz CT molecular complexity index is 1460. The van der Waals surface area contributed by atoms with Crippen LogP contribution in [0.1, 0.15) is 32.7 Å². The lowest BCUT2D eigenvalue weighted by Gasteiger charge is -2.22. The van der Waals surface area contributed by atoms with E-state index in [1.165, 1.54) is 23.3 Å². The van der Waals surface area contributed by atoms with Crippen LogP contribution in [-0.4, -0.2) is 29.8 Å². The van der Waals surface area contributed by atoms with Crippen LogP contribution in [0.4, 0.5) is 5.13 Å². The van der Waals surface area contributed by atoms with Gasteiger partial charge in [0.25, 0.3) is 5.91 Å². The summed E-state index contributed by atoms with van der Waals surface area (Å²) in [5, 5.41) is 9.67. The van der Waals surface area contributed by atoms with E-state index >= 15 is 0 Å². The largest absolute Gasteiger partial charge is 0.497 e. The number of amides is 1. The molecule has 1 aliphatic heterocycles. The van der Waals surface area contributed by atoms with E-state index in [-0.39, 0.29) is 22.3 Å². The zero-order valence-corrected chi connectivity index (χ0v) is 18.7. The van der Waals surface area contributed by atoms with Gasteiger partial charge in [0.1, 0.15) is 28.7 Å². The molecule has 1 amide bonds. The van der Waals surface area contributed by atoms with Gasteiger partial charge in [-0.3, -0.25) is 14.5 Å². The number of rotatable bonds is 6. The zero-order valence-electron chi connectivity index (χ0n) is 17.9. The first kappa shape index (κ1) is 20.9. The number of hydrogen-bond acceptors (Lipinski definition) is 8. The van der Waals surface area contributed by atoms with Gasteiger partial charge in [0.15, 0.2) is 5.43 Å². The van der Waals surface area contributed by atoms with Crippen molar-refractivity contribution in [2.45, 2.75) is 13.0 Å². The van der Waals surface area contributed by atoms with Gasteiger partial charge in [-0.15, -0.1) is 10.2 Å². The summed E-state index contributed by atoms with van der Waals surface area (Å²) in [6.45, 7) is 5.80. The highest BCUT2D eigenvalue weighted by Crippen LogP contribution is 2.42. The lowest BCUT2D eigenvalue weighted by atomic mass is 9.98. The third-order valence-electron chi connectivity index (χ3n) is 5.34. The Morgan fingerprint density at radius 2 is 2.03 bits per heavy atom. The molecule has 3 heterocycles. The molecule has 33 heavy (non-hydrogen) atoms. The average Bonchev–Trinajstić information content (AvgIpc) is 3.38. The summed E-state index contributed by atoms with van der Waals surface area (Å²) in [6.07, 6.45) is 1.65. The molecular formula is C24H19N3O5S. The summed E-state index contributed by atoms with van der Waals surface area (Å²) in [5.74, 6) is 0.647. The van der Waals surface area contributed by atoms with Gasteiger partial charge < -0.3 is 13.9 Å². The van der Waals surface area contributed by atoms with E-state index in [2.05, 4.69) is 16.8 Å². The van der Waals surface area contributed by atoms with Crippen LogP contribution in [0.3, 0.4) is 0 Å². The third-order valence-corrected chi connectivity index (χ3v) is 6.18. The predicted molar refractivity (Wildman–Crippen MR) is 124 cm³/mol. The fourth-order valence-corrected chi connectivity index (χ4v) is 4.62. The second kappa shape index (κ2) is 8.18. The number of hydrogen-bond donors (Lipinski definition) is 0. The number of anilines is 1. The molecule has 8 nitrogen and oxygen atoms in total. The SMILES string of the molecule is C=CCOc1cccc(C2c3c(oc4cc(OC)ccc4c3=O)C(=O)N2c2nnc(C)s2)c1. The number of aromatic nitrogens is 2. The highest BCUT2D eigenvalue weighted by Gasteiger charge is 2.45. The van der Waals surface area contributed by atoms with Crippen LogP contribution >= 0.6 is 11.3 Å². The Morgan fingerprint density at radius 3 is 2.76 bits per heavy atom. The lowest BCUT2D eigenvalue weighted by Crippen LogP contribution is -2.29. The topological polar surface area (TPSA) is 94.8 Å². The minimum absolute atomic E-state index is 0.0176. The Kier molecular flexibility index (Phi) is 5.18. The number of fused-ring (bicyclic) bond motifs is 2. The number of methoxy groups -OCH3 is 1. The number of ether oxygens (including phenoxy) is 2. The Balaban J connectivity index is 1.75. The second-order valence-corrected chi connectivity index (χ2v) is 8.55. The van der Waals surface area contributed by atoms with Gasteiger partial charge in [0.2, 0.25) is 10.9 Å². The highest BCUT2D eigenvalue weighted by molar-refractivity contribution is 7.15. The van der Waals surface area contributed by atoms with Crippen molar-refractivity contribution in [3.05, 3.63) is 87.2 Å². The Hall–Kier alpha value is -3.98. The molecule has 0 aliphatic carbocycles. The average molecular weight is 461 g/mol. The molecule has 0 spiro atoms. The van der Waals surface area contributed by atoms with Gasteiger partial charge in [0.05, 0.1) is 24.1 Å². The molecule has 0 saturated carbocycles. The van der Waals surface area contributed by atoms with Gasteiger partial charge in [-0.2, -0.15) is 0 Å². The predicted octanol–water partition coefficient (Wildman–Crippen LogP) is 4.28. The first-order chi connectivity index (χ1) is 16.0. The van der Waals surface area contributed by atoms with Crippen molar-refractivity contribution in [3.63, 3.8) is 0 Å². The first-order valence-electron chi connectivity index (χ1n) is 10.1. The van der Waals surface area contributed by atoms with Crippen molar-refractivity contribution in [2.24, 2.45) is 0 Å². The zero-order chi connectivity index (χ0) is 23.1. The lowest BCUT2D eigenvalue weighted by molar-refractivity contribution is 0.0970. The van der Waals surface area contributed by atoms with Crippen LogP contribution < -0.4 is 19.8 Å². The van der Waals surface area contributed by atoms with Crippen LogP contribution in [0.5, 0.6) is 11.5 Å². The highest BCUT2D eigenvalue weighted by atomic mass is 32.1. The summed E-state index contributed by atoms with van der Waals surface area (Å²) in [4.78, 5) is 28.6. The van der Waals surface area contributed by atoms with Crippen LogP contribution in [-0.2, 0) is 0 Å². The van der Waals surface area contributed by atoms with Crippen molar-refractivity contribution in [1.82, 2.24) is 10.2 Å². The van der Waals surface area contributed by atoms with Crippen molar-refractivity contribution >= 4 is 33.3 Å². The maximum atomic E-state index is 13.6. The molecule has 0 N–H and O–H groups in total. The molecule has 0 fully saturated rings. The summed E-state index contributed by atoms with van der Waals surface area (Å²) >= 11 is 1.27. The fraction of sp³-hybridized carbons (Fsp3) is 0.167. The molecule has 5 rings (SSSR count). The summed E-state index contributed by atoms with van der Waals surface area (Å²) in [6, 6.07) is 11.4. The van der Waals surface area contributed by atoms with Gasteiger partial charge in [-0.1, -0.05) is 36.1 Å². The monoisotopic (exact) mass is 461 g/mol. The van der Waals surface area contributed by atoms with E-state index < -0.39 is 11.9 Å². The van der Waals surface area contributed by atoms with E-state index in [0.29, 0.717) is 39.2 Å². The molecule has 0 bridgehead atoms. The van der Waals surface area contributed by atoms with Gasteiger partial charge in [-0.05, 0) is 36.8 Å². The third kappa shape index (κ3) is 3.46. The molecule has 9 heteroatoms. The van der Waals surface area contributed by atoms with Crippen LogP contribution in [0.25, 0.3) is 11.0 Å². The molecule has 0 radical (unpaired) electrons. The molecule has 2 aromatic heterocycles. The van der Waals surface area contributed by atoms with Gasteiger partial charge in [-0.25, -0.2) is 0 Å². The standard InChI is InChI=1S/C24H19N3O5S/c1-4-10-31-16-7-5-6-14(11-16)20-19-21(28)17-9-8-15(30-3)12-18(17)32-22(19)23(29)27(20)24-26-25-13(2)33-24/h4-9,11-12,20H,1,10H2,2-3H3. The number of carbonyl (C=O) groups excluding carboxylic acids is 1. The number of aryl methyl sites for hydroxylation is 1. The summed E-state index contributed by atoms with van der Waals surface area (Å²) in [7, 11) is 1.52. The van der Waals surface area contributed by atoms with Gasteiger partial charge >= 0.3 is 0 Å². The van der Waals surface area contributed by atoms with E-state index in [4.69, 9.17) is 13.9 Å². The molecule has 166 valence electrons. The van der Waals surface area contributed by atoms with E-state index in [0.717, 1.165) is 0 Å². The Labute approximate surface area is 192 Å². The fourth-order valence-electron chi connectivity index (χ4n) is 3.90. The molecule has 1 atom stereocenters. The summed E-state index contributed by atoms with van der Waals surface area (Å²) < 4.78 is 16.9. The van der Waals surface area contributed by atoms with Crippen molar-refractivity contribution in [3.8, 4) is 11.5 Å². The van der Waals surface area contributed by atoms with Crippen molar-refractivity contribution in [2.75, 3.05) is 18.6 Å². The molecule has 0 saturated heterocycles. The van der Waals surface area contributed by atoms with Crippen LogP contribution in [0, 0.1) is 6.92 Å². The minimum Gasteiger partial charge on any atom is -0.497 e. The molecule has 1 unspecified atom stereocenters. The first-order valence-corrected chi connectivity index (χ1v) is 11.0. The molecular weight excluding hydrogens is 442 g/mol. The smallest absolute Gasteiger partial charge is 0.297 e.